The van der Waals surface area contributed by atoms with Gasteiger partial charge in [-0.15, -0.1) is 0 Å². The lowest BCUT2D eigenvalue weighted by Gasteiger charge is -2.28. The highest BCUT2D eigenvalue weighted by Crippen LogP contribution is 2.34. The van der Waals surface area contributed by atoms with Gasteiger partial charge in [-0.2, -0.15) is 0 Å². The maximum Gasteiger partial charge on any atom is 0.338 e. The summed E-state index contributed by atoms with van der Waals surface area (Å²) in [6.07, 6.45) is 6.13. The van der Waals surface area contributed by atoms with Crippen LogP contribution in [-0.2, 0) is 4.74 Å². The zero-order valence-electron chi connectivity index (χ0n) is 10.9. The monoisotopic (exact) mass is 247 g/mol. The first-order chi connectivity index (χ1) is 8.74. The molecule has 3 heteroatoms. The van der Waals surface area contributed by atoms with E-state index in [9.17, 15) is 4.79 Å². The number of carbonyl (C=O) groups is 1. The molecule has 1 aromatic rings. The van der Waals surface area contributed by atoms with Crippen LogP contribution in [0, 0.1) is 5.92 Å². The van der Waals surface area contributed by atoms with Crippen molar-refractivity contribution in [2.75, 3.05) is 7.11 Å². The van der Waals surface area contributed by atoms with Crippen LogP contribution in [0.15, 0.2) is 24.3 Å². The van der Waals surface area contributed by atoms with Gasteiger partial charge in [-0.25, -0.2) is 4.79 Å². The van der Waals surface area contributed by atoms with Crippen LogP contribution in [0.5, 0.6) is 0 Å². The number of esters is 1. The van der Waals surface area contributed by atoms with Crippen LogP contribution in [0.2, 0.25) is 0 Å². The van der Waals surface area contributed by atoms with Gasteiger partial charge in [0.1, 0.15) is 0 Å². The van der Waals surface area contributed by atoms with E-state index in [1.54, 1.807) is 6.07 Å². The lowest BCUT2D eigenvalue weighted by atomic mass is 9.80. The molecular formula is C15H21NO2. The predicted octanol–water partition coefficient (Wildman–Crippen LogP) is 3.05. The molecular weight excluding hydrogens is 226 g/mol. The Hall–Kier alpha value is -1.35. The largest absolute Gasteiger partial charge is 0.465 e. The van der Waals surface area contributed by atoms with Crippen molar-refractivity contribution in [3.8, 4) is 0 Å². The van der Waals surface area contributed by atoms with E-state index in [0.717, 1.165) is 18.4 Å². The number of ether oxygens (including phenoxy) is 1. The summed E-state index contributed by atoms with van der Waals surface area (Å²) in [4.78, 5) is 11.7. The molecule has 18 heavy (non-hydrogen) atoms. The second-order valence-corrected chi connectivity index (χ2v) is 5.00. The molecule has 3 nitrogen and oxygen atoms in total. The minimum atomic E-state index is -0.295. The van der Waals surface area contributed by atoms with Crippen LogP contribution in [0.1, 0.15) is 54.1 Å². The lowest BCUT2D eigenvalue weighted by molar-refractivity contribution is 0.0598. The normalized spacial score (nSPS) is 18.3. The summed E-state index contributed by atoms with van der Waals surface area (Å²) in [5.41, 5.74) is 7.89. The summed E-state index contributed by atoms with van der Waals surface area (Å²) in [7, 11) is 1.41. The molecule has 2 N–H and O–H groups in total. The summed E-state index contributed by atoms with van der Waals surface area (Å²) in [6.45, 7) is 0. The van der Waals surface area contributed by atoms with Gasteiger partial charge in [-0.3, -0.25) is 0 Å². The van der Waals surface area contributed by atoms with Gasteiger partial charge in [-0.1, -0.05) is 37.5 Å². The Kier molecular flexibility index (Phi) is 4.37. The molecule has 0 unspecified atom stereocenters. The number of hydrogen-bond acceptors (Lipinski definition) is 3. The number of carbonyl (C=O) groups excluding carboxylic acids is 1. The minimum Gasteiger partial charge on any atom is -0.465 e. The Balaban J connectivity index is 2.23. The second kappa shape index (κ2) is 6.01. The highest BCUT2D eigenvalue weighted by atomic mass is 16.5. The molecule has 1 aromatic carbocycles. The van der Waals surface area contributed by atoms with Crippen LogP contribution < -0.4 is 5.73 Å². The third kappa shape index (κ3) is 2.72. The third-order valence-electron chi connectivity index (χ3n) is 3.88. The molecule has 1 fully saturated rings. The average Bonchev–Trinajstić information content (AvgIpc) is 2.46. The van der Waals surface area contributed by atoms with E-state index in [4.69, 9.17) is 10.5 Å². The van der Waals surface area contributed by atoms with Crippen molar-refractivity contribution in [2.45, 2.75) is 38.1 Å². The van der Waals surface area contributed by atoms with Gasteiger partial charge in [0.25, 0.3) is 0 Å². The summed E-state index contributed by atoms with van der Waals surface area (Å²) in [5.74, 6) is 0.196. The fourth-order valence-corrected chi connectivity index (χ4v) is 2.83. The molecule has 0 aromatic heterocycles. The minimum absolute atomic E-state index is 0.0550. The van der Waals surface area contributed by atoms with Crippen molar-refractivity contribution in [2.24, 2.45) is 11.7 Å². The van der Waals surface area contributed by atoms with Crippen LogP contribution in [0.3, 0.4) is 0 Å². The third-order valence-corrected chi connectivity index (χ3v) is 3.88. The van der Waals surface area contributed by atoms with Crippen LogP contribution in [-0.4, -0.2) is 13.1 Å². The molecule has 0 amide bonds. The molecule has 0 aliphatic heterocycles. The number of methoxy groups -OCH3 is 1. The standard InChI is InChI=1S/C15H21NO2/c1-18-15(17)13-10-6-5-9-12(13)14(16)11-7-3-2-4-8-11/h5-6,9-11,14H,2-4,7-8,16H2,1H3/t14-/m0/s1. The number of nitrogens with two attached hydrogens (primary N) is 1. The van der Waals surface area contributed by atoms with Gasteiger partial charge >= 0.3 is 5.97 Å². The summed E-state index contributed by atoms with van der Waals surface area (Å²) in [6, 6.07) is 7.48. The van der Waals surface area contributed by atoms with Gasteiger partial charge in [0, 0.05) is 6.04 Å². The van der Waals surface area contributed by atoms with E-state index >= 15 is 0 Å². The highest BCUT2D eigenvalue weighted by molar-refractivity contribution is 5.91. The lowest BCUT2D eigenvalue weighted by Crippen LogP contribution is -2.25. The fourth-order valence-electron chi connectivity index (χ4n) is 2.83. The molecule has 0 heterocycles. The molecule has 1 aliphatic carbocycles. The van der Waals surface area contributed by atoms with Gasteiger partial charge in [0.05, 0.1) is 12.7 Å². The molecule has 0 saturated heterocycles. The number of benzene rings is 1. The van der Waals surface area contributed by atoms with Crippen molar-refractivity contribution >= 4 is 5.97 Å². The first kappa shape index (κ1) is 13.1. The van der Waals surface area contributed by atoms with Crippen LogP contribution in [0.25, 0.3) is 0 Å². The smallest absolute Gasteiger partial charge is 0.338 e. The van der Waals surface area contributed by atoms with Gasteiger partial charge < -0.3 is 10.5 Å². The Labute approximate surface area is 108 Å². The Bertz CT molecular complexity index is 411. The molecule has 1 saturated carbocycles. The Morgan fingerprint density at radius 3 is 2.61 bits per heavy atom. The van der Waals surface area contributed by atoms with Gasteiger partial charge in [0.15, 0.2) is 0 Å². The highest BCUT2D eigenvalue weighted by Gasteiger charge is 2.25. The van der Waals surface area contributed by atoms with Crippen LogP contribution >= 0.6 is 0 Å². The molecule has 1 atom stereocenters. The Morgan fingerprint density at radius 1 is 1.28 bits per heavy atom. The van der Waals surface area contributed by atoms with E-state index < -0.39 is 0 Å². The predicted molar refractivity (Wildman–Crippen MR) is 71.3 cm³/mol. The van der Waals surface area contributed by atoms with E-state index in [0.29, 0.717) is 11.5 Å². The molecule has 2 rings (SSSR count). The maximum absolute atomic E-state index is 11.7. The van der Waals surface area contributed by atoms with Crippen molar-refractivity contribution in [3.05, 3.63) is 35.4 Å². The quantitative estimate of drug-likeness (QED) is 0.835. The van der Waals surface area contributed by atoms with Crippen molar-refractivity contribution < 1.29 is 9.53 Å². The fraction of sp³-hybridized carbons (Fsp3) is 0.533. The average molecular weight is 247 g/mol. The topological polar surface area (TPSA) is 52.3 Å². The van der Waals surface area contributed by atoms with Crippen molar-refractivity contribution in [1.82, 2.24) is 0 Å². The summed E-state index contributed by atoms with van der Waals surface area (Å²) in [5, 5.41) is 0. The first-order valence-electron chi connectivity index (χ1n) is 6.67. The summed E-state index contributed by atoms with van der Waals surface area (Å²) >= 11 is 0. The van der Waals surface area contributed by atoms with E-state index in [1.807, 2.05) is 18.2 Å². The molecule has 0 bridgehead atoms. The van der Waals surface area contributed by atoms with Crippen LogP contribution in [0.4, 0.5) is 0 Å². The molecule has 98 valence electrons. The second-order valence-electron chi connectivity index (χ2n) is 5.00. The maximum atomic E-state index is 11.7. The molecule has 0 spiro atoms. The van der Waals surface area contributed by atoms with E-state index in [2.05, 4.69) is 0 Å². The Morgan fingerprint density at radius 2 is 1.94 bits per heavy atom. The number of hydrogen-bond donors (Lipinski definition) is 1. The first-order valence-corrected chi connectivity index (χ1v) is 6.67. The molecule has 0 radical (unpaired) electrons. The zero-order valence-corrected chi connectivity index (χ0v) is 10.9. The van der Waals surface area contributed by atoms with E-state index in [1.165, 1.54) is 26.4 Å². The van der Waals surface area contributed by atoms with Crippen molar-refractivity contribution in [1.29, 1.82) is 0 Å². The zero-order chi connectivity index (χ0) is 13.0. The SMILES string of the molecule is COC(=O)c1ccccc1[C@@H](N)C1CCCCC1. The van der Waals surface area contributed by atoms with Gasteiger partial charge in [-0.05, 0) is 30.4 Å². The number of rotatable bonds is 3. The van der Waals surface area contributed by atoms with E-state index in [-0.39, 0.29) is 12.0 Å². The molecule has 1 aliphatic rings. The summed E-state index contributed by atoms with van der Waals surface area (Å²) < 4.78 is 4.82. The van der Waals surface area contributed by atoms with Gasteiger partial charge in [0.2, 0.25) is 0 Å². The van der Waals surface area contributed by atoms with Crippen molar-refractivity contribution in [3.63, 3.8) is 0 Å².